The van der Waals surface area contributed by atoms with Crippen LogP contribution in [0.15, 0.2) is 5.38 Å². The van der Waals surface area contributed by atoms with Crippen LogP contribution in [-0.2, 0) is 16.8 Å². The van der Waals surface area contributed by atoms with Gasteiger partial charge in [-0.1, -0.05) is 26.7 Å². The van der Waals surface area contributed by atoms with Gasteiger partial charge in [0.05, 0.1) is 5.69 Å². The summed E-state index contributed by atoms with van der Waals surface area (Å²) in [6, 6.07) is 0.570. The van der Waals surface area contributed by atoms with Crippen molar-refractivity contribution in [1.82, 2.24) is 10.3 Å². The van der Waals surface area contributed by atoms with E-state index in [1.165, 1.54) is 23.5 Å². The number of ether oxygens (including phenoxy) is 1. The maximum absolute atomic E-state index is 6.08. The van der Waals surface area contributed by atoms with Gasteiger partial charge in [-0.05, 0) is 39.2 Å². The van der Waals surface area contributed by atoms with E-state index in [1.54, 1.807) is 11.3 Å². The van der Waals surface area contributed by atoms with Crippen LogP contribution in [-0.4, -0.2) is 24.2 Å². The molecular formula is C16H28N2OS. The molecule has 0 atom stereocenters. The molecule has 0 saturated heterocycles. The van der Waals surface area contributed by atoms with E-state index in [4.69, 9.17) is 9.72 Å². The molecule has 0 bridgehead atoms. The summed E-state index contributed by atoms with van der Waals surface area (Å²) < 4.78 is 6.08. The highest BCUT2D eigenvalue weighted by Crippen LogP contribution is 2.43. The van der Waals surface area contributed by atoms with Crippen LogP contribution in [0.2, 0.25) is 0 Å². The molecule has 1 aliphatic rings. The van der Waals surface area contributed by atoms with E-state index in [9.17, 15) is 0 Å². The van der Waals surface area contributed by atoms with E-state index in [2.05, 4.69) is 31.5 Å². The molecule has 114 valence electrons. The van der Waals surface area contributed by atoms with Gasteiger partial charge in [0.15, 0.2) is 0 Å². The molecule has 1 fully saturated rings. The first-order chi connectivity index (χ1) is 9.66. The smallest absolute Gasteiger partial charge is 0.125 e. The summed E-state index contributed by atoms with van der Waals surface area (Å²) in [6.07, 6.45) is 7.05. The SMILES string of the molecule is CCOC1(c2nc(CCCNC(C)C)cs2)CCCC1. The van der Waals surface area contributed by atoms with Crippen LogP contribution in [0.5, 0.6) is 0 Å². The van der Waals surface area contributed by atoms with Gasteiger partial charge in [0.1, 0.15) is 10.6 Å². The standard InChI is InChI=1S/C16H28N2OS/c1-4-19-16(9-5-6-10-16)15-18-14(12-20-15)8-7-11-17-13(2)3/h12-13,17H,4-11H2,1-3H3. The maximum Gasteiger partial charge on any atom is 0.125 e. The van der Waals surface area contributed by atoms with Gasteiger partial charge in [-0.3, -0.25) is 0 Å². The number of thiazole rings is 1. The summed E-state index contributed by atoms with van der Waals surface area (Å²) in [5.41, 5.74) is 1.18. The summed E-state index contributed by atoms with van der Waals surface area (Å²) in [7, 11) is 0. The molecule has 1 N–H and O–H groups in total. The molecule has 0 unspecified atom stereocenters. The van der Waals surface area contributed by atoms with Crippen molar-refractivity contribution in [2.45, 2.75) is 70.9 Å². The summed E-state index contributed by atoms with van der Waals surface area (Å²) in [5.74, 6) is 0. The monoisotopic (exact) mass is 296 g/mol. The second kappa shape index (κ2) is 7.53. The fourth-order valence-electron chi connectivity index (χ4n) is 2.93. The molecule has 3 nitrogen and oxygen atoms in total. The van der Waals surface area contributed by atoms with Gasteiger partial charge < -0.3 is 10.1 Å². The summed E-state index contributed by atoms with van der Waals surface area (Å²) in [6.45, 7) is 8.32. The number of nitrogens with zero attached hydrogens (tertiary/aromatic N) is 1. The zero-order valence-electron chi connectivity index (χ0n) is 13.1. The third-order valence-corrected chi connectivity index (χ3v) is 5.01. The Hall–Kier alpha value is -0.450. The summed E-state index contributed by atoms with van der Waals surface area (Å²) in [5, 5.41) is 6.89. The number of hydrogen-bond donors (Lipinski definition) is 1. The fraction of sp³-hybridized carbons (Fsp3) is 0.812. The molecule has 0 aliphatic heterocycles. The molecule has 20 heavy (non-hydrogen) atoms. The Morgan fingerprint density at radius 2 is 2.15 bits per heavy atom. The first-order valence-corrected chi connectivity index (χ1v) is 8.86. The Bertz CT molecular complexity index is 397. The Morgan fingerprint density at radius 3 is 2.80 bits per heavy atom. The minimum atomic E-state index is -0.0617. The van der Waals surface area contributed by atoms with Gasteiger partial charge in [0.2, 0.25) is 0 Å². The van der Waals surface area contributed by atoms with Crippen molar-refractivity contribution in [3.8, 4) is 0 Å². The van der Waals surface area contributed by atoms with Crippen LogP contribution in [0.3, 0.4) is 0 Å². The van der Waals surface area contributed by atoms with Gasteiger partial charge >= 0.3 is 0 Å². The Labute approximate surface area is 127 Å². The van der Waals surface area contributed by atoms with Gasteiger partial charge in [-0.2, -0.15) is 0 Å². The minimum absolute atomic E-state index is 0.0617. The number of aromatic nitrogens is 1. The van der Waals surface area contributed by atoms with E-state index in [-0.39, 0.29) is 5.60 Å². The Balaban J connectivity index is 1.90. The van der Waals surface area contributed by atoms with Crippen LogP contribution < -0.4 is 5.32 Å². The molecule has 1 aliphatic carbocycles. The predicted octanol–water partition coefficient (Wildman–Crippen LogP) is 3.88. The lowest BCUT2D eigenvalue weighted by Crippen LogP contribution is -2.26. The maximum atomic E-state index is 6.08. The summed E-state index contributed by atoms with van der Waals surface area (Å²) in [4.78, 5) is 4.87. The van der Waals surface area contributed by atoms with E-state index in [1.807, 2.05) is 0 Å². The number of rotatable bonds is 8. The van der Waals surface area contributed by atoms with Crippen molar-refractivity contribution in [1.29, 1.82) is 0 Å². The minimum Gasteiger partial charge on any atom is -0.368 e. The lowest BCUT2D eigenvalue weighted by molar-refractivity contribution is -0.0392. The highest BCUT2D eigenvalue weighted by molar-refractivity contribution is 7.09. The molecule has 4 heteroatoms. The number of nitrogens with one attached hydrogen (secondary N) is 1. The highest BCUT2D eigenvalue weighted by atomic mass is 32.1. The van der Waals surface area contributed by atoms with Crippen LogP contribution in [0.4, 0.5) is 0 Å². The average molecular weight is 296 g/mol. The molecule has 1 heterocycles. The zero-order chi connectivity index (χ0) is 14.4. The van der Waals surface area contributed by atoms with Gasteiger partial charge in [-0.25, -0.2) is 4.98 Å². The lowest BCUT2D eigenvalue weighted by atomic mass is 10.0. The average Bonchev–Trinajstić information content (AvgIpc) is 3.04. The van der Waals surface area contributed by atoms with Crippen molar-refractivity contribution in [2.75, 3.05) is 13.2 Å². The quantitative estimate of drug-likeness (QED) is 0.739. The van der Waals surface area contributed by atoms with Gasteiger partial charge in [0, 0.05) is 18.0 Å². The van der Waals surface area contributed by atoms with Crippen molar-refractivity contribution < 1.29 is 4.74 Å². The first kappa shape index (κ1) is 15.9. The first-order valence-electron chi connectivity index (χ1n) is 7.98. The molecule has 2 rings (SSSR count). The van der Waals surface area contributed by atoms with Crippen LogP contribution in [0, 0.1) is 0 Å². The largest absolute Gasteiger partial charge is 0.368 e. The van der Waals surface area contributed by atoms with Crippen LogP contribution in [0.1, 0.15) is 63.6 Å². The molecule has 0 amide bonds. The third kappa shape index (κ3) is 4.03. The third-order valence-electron chi connectivity index (χ3n) is 3.94. The lowest BCUT2D eigenvalue weighted by Gasteiger charge is -2.26. The second-order valence-electron chi connectivity index (χ2n) is 5.99. The van der Waals surface area contributed by atoms with E-state index in [0.29, 0.717) is 6.04 Å². The van der Waals surface area contributed by atoms with E-state index >= 15 is 0 Å². The fourth-order valence-corrected chi connectivity index (χ4v) is 4.00. The van der Waals surface area contributed by atoms with E-state index in [0.717, 1.165) is 38.8 Å². The second-order valence-corrected chi connectivity index (χ2v) is 6.85. The molecule has 0 spiro atoms. The van der Waals surface area contributed by atoms with Crippen LogP contribution >= 0.6 is 11.3 Å². The summed E-state index contributed by atoms with van der Waals surface area (Å²) >= 11 is 1.79. The van der Waals surface area contributed by atoms with Gasteiger partial charge in [0.25, 0.3) is 0 Å². The zero-order valence-corrected chi connectivity index (χ0v) is 13.9. The molecule has 0 aromatic carbocycles. The number of hydrogen-bond acceptors (Lipinski definition) is 4. The predicted molar refractivity (Wildman–Crippen MR) is 85.3 cm³/mol. The molecule has 1 aromatic heterocycles. The van der Waals surface area contributed by atoms with Crippen LogP contribution in [0.25, 0.3) is 0 Å². The highest BCUT2D eigenvalue weighted by Gasteiger charge is 2.38. The normalized spacial score (nSPS) is 18.0. The van der Waals surface area contributed by atoms with Gasteiger partial charge in [-0.15, -0.1) is 11.3 Å². The molecule has 0 radical (unpaired) electrons. The van der Waals surface area contributed by atoms with Crippen molar-refractivity contribution in [3.63, 3.8) is 0 Å². The molecule has 1 saturated carbocycles. The molecular weight excluding hydrogens is 268 g/mol. The topological polar surface area (TPSA) is 34.1 Å². The van der Waals surface area contributed by atoms with Crippen molar-refractivity contribution in [2.24, 2.45) is 0 Å². The Kier molecular flexibility index (Phi) is 6.00. The van der Waals surface area contributed by atoms with Crippen molar-refractivity contribution in [3.05, 3.63) is 16.1 Å². The van der Waals surface area contributed by atoms with Crippen molar-refractivity contribution >= 4 is 11.3 Å². The van der Waals surface area contributed by atoms with E-state index < -0.39 is 0 Å². The number of aryl methyl sites for hydroxylation is 1. The Morgan fingerprint density at radius 1 is 1.40 bits per heavy atom. The molecule has 1 aromatic rings.